The molecule has 0 radical (unpaired) electrons. The van der Waals surface area contributed by atoms with Gasteiger partial charge in [-0.3, -0.25) is 24.7 Å². The number of carbonyl (C=O) groups is 1. The van der Waals surface area contributed by atoms with Crippen molar-refractivity contribution in [2.24, 2.45) is 0 Å². The van der Waals surface area contributed by atoms with Crippen LogP contribution in [-0.2, 0) is 17.5 Å². The molecule has 0 bridgehead atoms. The van der Waals surface area contributed by atoms with Crippen molar-refractivity contribution in [3.8, 4) is 5.75 Å². The number of hydrogen-bond acceptors (Lipinski definition) is 6. The Balaban J connectivity index is 1.54. The fraction of sp³-hybridized carbons (Fsp3) is 0.409. The van der Waals surface area contributed by atoms with E-state index in [9.17, 15) is 28.1 Å². The highest BCUT2D eigenvalue weighted by Gasteiger charge is 2.30. The van der Waals surface area contributed by atoms with Gasteiger partial charge in [0.25, 0.3) is 5.69 Å². The number of nitro benzene ring substituents is 1. The van der Waals surface area contributed by atoms with E-state index >= 15 is 0 Å². The Morgan fingerprint density at radius 3 is 2.33 bits per heavy atom. The number of piperazine rings is 1. The summed E-state index contributed by atoms with van der Waals surface area (Å²) < 4.78 is 43.1. The summed E-state index contributed by atoms with van der Waals surface area (Å²) in [5.41, 5.74) is -0.0445. The third kappa shape index (κ3) is 6.20. The molecule has 1 unspecified atom stereocenters. The molecule has 0 spiro atoms. The van der Waals surface area contributed by atoms with Gasteiger partial charge in [0.1, 0.15) is 11.4 Å². The quantitative estimate of drug-likeness (QED) is 0.494. The number of benzene rings is 2. The molecule has 1 aliphatic rings. The Labute approximate surface area is 189 Å². The smallest absolute Gasteiger partial charge is 0.416 e. The van der Waals surface area contributed by atoms with Crippen molar-refractivity contribution in [1.29, 1.82) is 0 Å². The number of nitrogens with zero attached hydrogens (tertiary/aromatic N) is 3. The second-order valence-electron chi connectivity index (χ2n) is 7.81. The molecule has 1 amide bonds. The molecule has 8 nitrogen and oxygen atoms in total. The summed E-state index contributed by atoms with van der Waals surface area (Å²) in [6.45, 7) is 4.70. The fourth-order valence-electron chi connectivity index (χ4n) is 3.66. The minimum absolute atomic E-state index is 0.0959. The van der Waals surface area contributed by atoms with E-state index in [1.807, 2.05) is 4.90 Å². The van der Waals surface area contributed by atoms with Gasteiger partial charge < -0.3 is 10.1 Å². The third-order valence-corrected chi connectivity index (χ3v) is 5.68. The summed E-state index contributed by atoms with van der Waals surface area (Å²) in [5, 5.41) is 13.9. The molecule has 33 heavy (non-hydrogen) atoms. The van der Waals surface area contributed by atoms with E-state index in [-0.39, 0.29) is 17.3 Å². The van der Waals surface area contributed by atoms with Crippen LogP contribution in [0.25, 0.3) is 0 Å². The van der Waals surface area contributed by atoms with E-state index in [1.165, 1.54) is 37.4 Å². The van der Waals surface area contributed by atoms with Crippen molar-refractivity contribution < 1.29 is 27.6 Å². The van der Waals surface area contributed by atoms with Gasteiger partial charge in [-0.25, -0.2) is 0 Å². The van der Waals surface area contributed by atoms with Crippen molar-refractivity contribution >= 4 is 17.3 Å². The van der Waals surface area contributed by atoms with Gasteiger partial charge in [0.2, 0.25) is 5.91 Å². The molecular formula is C22H25F3N4O4. The lowest BCUT2D eigenvalue weighted by Crippen LogP contribution is -2.52. The van der Waals surface area contributed by atoms with Crippen LogP contribution in [-0.4, -0.2) is 60.0 Å². The zero-order valence-corrected chi connectivity index (χ0v) is 18.3. The van der Waals surface area contributed by atoms with Gasteiger partial charge in [-0.15, -0.1) is 0 Å². The third-order valence-electron chi connectivity index (χ3n) is 5.68. The van der Waals surface area contributed by atoms with Crippen LogP contribution in [0.1, 0.15) is 18.1 Å². The van der Waals surface area contributed by atoms with Crippen molar-refractivity contribution in [2.45, 2.75) is 25.7 Å². The molecule has 0 aromatic heterocycles. The number of hydrogen-bond donors (Lipinski definition) is 1. The molecule has 0 aliphatic carbocycles. The second kappa shape index (κ2) is 10.2. The van der Waals surface area contributed by atoms with Gasteiger partial charge in [0, 0.05) is 32.7 Å². The molecule has 2 aromatic rings. The standard InChI is InChI=1S/C22H25F3N4O4/c1-15(21(30)26-19-8-7-18(33-2)13-20(19)29(31)32)28-11-9-27(10-12-28)14-16-3-5-17(6-4-16)22(23,24)25/h3-8,13,15H,9-12,14H2,1-2H3,(H,26,30). The number of carbonyl (C=O) groups excluding carboxylic acids is 1. The first-order valence-electron chi connectivity index (χ1n) is 10.3. The Hall–Kier alpha value is -3.18. The fourth-order valence-corrected chi connectivity index (χ4v) is 3.66. The topological polar surface area (TPSA) is 88.0 Å². The maximum absolute atomic E-state index is 12.7. The van der Waals surface area contributed by atoms with Crippen molar-refractivity contribution in [1.82, 2.24) is 9.80 Å². The highest BCUT2D eigenvalue weighted by molar-refractivity contribution is 5.96. The predicted octanol–water partition coefficient (Wildman–Crippen LogP) is 3.77. The van der Waals surface area contributed by atoms with Crippen molar-refractivity contribution in [3.63, 3.8) is 0 Å². The number of anilines is 1. The Kier molecular flexibility index (Phi) is 7.54. The maximum Gasteiger partial charge on any atom is 0.416 e. The van der Waals surface area contributed by atoms with Gasteiger partial charge >= 0.3 is 6.18 Å². The van der Waals surface area contributed by atoms with E-state index < -0.39 is 22.7 Å². The molecule has 1 N–H and O–H groups in total. The van der Waals surface area contributed by atoms with Crippen LogP contribution < -0.4 is 10.1 Å². The molecule has 1 aliphatic heterocycles. The Bertz CT molecular complexity index is 990. The number of nitrogens with one attached hydrogen (secondary N) is 1. The average Bonchev–Trinajstić information content (AvgIpc) is 2.79. The molecule has 1 atom stereocenters. The number of nitro groups is 1. The van der Waals surface area contributed by atoms with Crippen LogP contribution in [0, 0.1) is 10.1 Å². The van der Waals surface area contributed by atoms with E-state index in [4.69, 9.17) is 4.74 Å². The molecule has 1 saturated heterocycles. The first kappa shape index (κ1) is 24.5. The Morgan fingerprint density at radius 2 is 1.79 bits per heavy atom. The highest BCUT2D eigenvalue weighted by atomic mass is 19.4. The first-order chi connectivity index (χ1) is 15.6. The van der Waals surface area contributed by atoms with Crippen LogP contribution in [0.5, 0.6) is 5.75 Å². The summed E-state index contributed by atoms with van der Waals surface area (Å²) in [6.07, 6.45) is -4.35. The number of ether oxygens (including phenoxy) is 1. The first-order valence-corrected chi connectivity index (χ1v) is 10.3. The molecule has 1 heterocycles. The molecule has 178 valence electrons. The SMILES string of the molecule is COc1ccc(NC(=O)C(C)N2CCN(Cc3ccc(C(F)(F)F)cc3)CC2)c([N+](=O)[O-])c1. The number of methoxy groups -OCH3 is 1. The summed E-state index contributed by atoms with van der Waals surface area (Å²) in [7, 11) is 1.40. The number of alkyl halides is 3. The monoisotopic (exact) mass is 466 g/mol. The molecule has 1 fully saturated rings. The lowest BCUT2D eigenvalue weighted by Gasteiger charge is -2.37. The van der Waals surface area contributed by atoms with Gasteiger partial charge in [0.05, 0.1) is 29.7 Å². The summed E-state index contributed by atoms with van der Waals surface area (Å²) in [5.74, 6) is -0.0450. The number of amides is 1. The maximum atomic E-state index is 12.7. The van der Waals surface area contributed by atoms with Gasteiger partial charge in [0.15, 0.2) is 0 Å². The molecule has 11 heteroatoms. The van der Waals surface area contributed by atoms with Crippen molar-refractivity contribution in [2.75, 3.05) is 38.6 Å². The van der Waals surface area contributed by atoms with Crippen LogP contribution in [0.2, 0.25) is 0 Å². The normalized spacial score (nSPS) is 16.3. The minimum Gasteiger partial charge on any atom is -0.496 e. The summed E-state index contributed by atoms with van der Waals surface area (Å²) in [4.78, 5) is 27.5. The zero-order chi connectivity index (χ0) is 24.2. The molecule has 3 rings (SSSR count). The van der Waals surface area contributed by atoms with Gasteiger partial charge in [-0.1, -0.05) is 12.1 Å². The molecule has 2 aromatic carbocycles. The summed E-state index contributed by atoms with van der Waals surface area (Å²) in [6, 6.07) is 8.82. The van der Waals surface area contributed by atoms with Crippen LogP contribution in [0.3, 0.4) is 0 Å². The lowest BCUT2D eigenvalue weighted by molar-refractivity contribution is -0.384. The van der Waals surface area contributed by atoms with Crippen LogP contribution in [0.15, 0.2) is 42.5 Å². The second-order valence-corrected chi connectivity index (χ2v) is 7.81. The predicted molar refractivity (Wildman–Crippen MR) is 116 cm³/mol. The van der Waals surface area contributed by atoms with Crippen molar-refractivity contribution in [3.05, 3.63) is 63.7 Å². The summed E-state index contributed by atoms with van der Waals surface area (Å²) >= 11 is 0. The number of halogens is 3. The van der Waals surface area contributed by atoms with E-state index in [1.54, 1.807) is 6.92 Å². The molecule has 0 saturated carbocycles. The lowest BCUT2D eigenvalue weighted by atomic mass is 10.1. The number of rotatable bonds is 7. The van der Waals surface area contributed by atoms with E-state index in [2.05, 4.69) is 10.2 Å². The van der Waals surface area contributed by atoms with Crippen LogP contribution >= 0.6 is 0 Å². The zero-order valence-electron chi connectivity index (χ0n) is 18.3. The molecular weight excluding hydrogens is 441 g/mol. The van der Waals surface area contributed by atoms with Gasteiger partial charge in [-0.05, 0) is 36.8 Å². The van der Waals surface area contributed by atoms with Crippen LogP contribution in [0.4, 0.5) is 24.5 Å². The van der Waals surface area contributed by atoms with E-state index in [0.29, 0.717) is 38.5 Å². The average molecular weight is 466 g/mol. The minimum atomic E-state index is -4.35. The van der Waals surface area contributed by atoms with Gasteiger partial charge in [-0.2, -0.15) is 13.2 Å². The largest absolute Gasteiger partial charge is 0.496 e. The Morgan fingerprint density at radius 1 is 1.15 bits per heavy atom. The van der Waals surface area contributed by atoms with E-state index in [0.717, 1.165) is 17.7 Å². The highest BCUT2D eigenvalue weighted by Crippen LogP contribution is 2.30.